The van der Waals surface area contributed by atoms with E-state index in [4.69, 9.17) is 4.74 Å². The molecule has 0 aromatic rings. The maximum Gasteiger partial charge on any atom is 0.155 e. The minimum Gasteiger partial charge on any atom is -0.368 e. The molecule has 3 aliphatic rings. The summed E-state index contributed by atoms with van der Waals surface area (Å²) in [6, 6.07) is 0. The minimum atomic E-state index is -0.485. The molecule has 2 bridgehead atoms. The molecular formula is C12H20O2. The van der Waals surface area contributed by atoms with Gasteiger partial charge in [0.1, 0.15) is 0 Å². The smallest absolute Gasteiger partial charge is 0.155 e. The number of rotatable bonds is 0. The first kappa shape index (κ1) is 9.17. The average Bonchev–Trinajstić information content (AvgIpc) is 2.59. The van der Waals surface area contributed by atoms with Crippen LogP contribution < -0.4 is 0 Å². The number of fused-ring (bicyclic) bond motifs is 5. The topological polar surface area (TPSA) is 29.5 Å². The predicted octanol–water partition coefficient (Wildman–Crippen LogP) is 2.17. The van der Waals surface area contributed by atoms with Gasteiger partial charge in [0.2, 0.25) is 0 Å². The van der Waals surface area contributed by atoms with Gasteiger partial charge in [0.05, 0.1) is 6.10 Å². The van der Waals surface area contributed by atoms with Crippen LogP contribution in [0.15, 0.2) is 0 Å². The highest BCUT2D eigenvalue weighted by atomic mass is 16.6. The van der Waals surface area contributed by atoms with Crippen molar-refractivity contribution in [1.82, 2.24) is 0 Å². The van der Waals surface area contributed by atoms with Crippen LogP contribution in [0.3, 0.4) is 0 Å². The van der Waals surface area contributed by atoms with Crippen molar-refractivity contribution in [2.75, 3.05) is 0 Å². The summed E-state index contributed by atoms with van der Waals surface area (Å²) in [6.45, 7) is 7.13. The van der Waals surface area contributed by atoms with Crippen molar-refractivity contribution in [1.29, 1.82) is 0 Å². The normalized spacial score (nSPS) is 59.1. The molecular weight excluding hydrogens is 176 g/mol. The summed E-state index contributed by atoms with van der Waals surface area (Å²) in [7, 11) is 0. The first-order valence-corrected chi connectivity index (χ1v) is 5.80. The Morgan fingerprint density at radius 3 is 2.64 bits per heavy atom. The third-order valence-corrected chi connectivity index (χ3v) is 5.68. The highest BCUT2D eigenvalue weighted by Crippen LogP contribution is 2.70. The lowest BCUT2D eigenvalue weighted by Crippen LogP contribution is -2.37. The van der Waals surface area contributed by atoms with Gasteiger partial charge < -0.3 is 9.84 Å². The summed E-state index contributed by atoms with van der Waals surface area (Å²) in [5, 5.41) is 9.56. The molecule has 80 valence electrons. The fraction of sp³-hybridized carbons (Fsp3) is 1.00. The molecule has 1 heterocycles. The number of ether oxygens (including phenoxy) is 1. The van der Waals surface area contributed by atoms with Crippen LogP contribution in [0.4, 0.5) is 0 Å². The summed E-state index contributed by atoms with van der Waals surface area (Å²) in [4.78, 5) is 0. The molecule has 3 rings (SSSR count). The van der Waals surface area contributed by atoms with E-state index in [1.54, 1.807) is 0 Å². The molecule has 2 heteroatoms. The molecule has 14 heavy (non-hydrogen) atoms. The Hall–Kier alpha value is -0.0800. The zero-order valence-electron chi connectivity index (χ0n) is 9.29. The third kappa shape index (κ3) is 0.772. The molecule has 5 atom stereocenters. The van der Waals surface area contributed by atoms with Crippen molar-refractivity contribution >= 4 is 0 Å². The van der Waals surface area contributed by atoms with Crippen molar-refractivity contribution in [2.24, 2.45) is 22.7 Å². The van der Waals surface area contributed by atoms with Gasteiger partial charge in [-0.05, 0) is 35.5 Å². The van der Waals surface area contributed by atoms with Crippen molar-refractivity contribution in [3.8, 4) is 0 Å². The highest BCUT2D eigenvalue weighted by Gasteiger charge is 2.68. The summed E-state index contributed by atoms with van der Waals surface area (Å²) in [5.74, 6) is 1.40. The number of hydrogen-bond acceptors (Lipinski definition) is 2. The van der Waals surface area contributed by atoms with E-state index in [1.165, 1.54) is 12.8 Å². The van der Waals surface area contributed by atoms with Gasteiger partial charge in [0.25, 0.3) is 0 Å². The van der Waals surface area contributed by atoms with Crippen LogP contribution in [0, 0.1) is 22.7 Å². The van der Waals surface area contributed by atoms with Crippen LogP contribution in [-0.2, 0) is 4.74 Å². The van der Waals surface area contributed by atoms with Crippen LogP contribution in [0.5, 0.6) is 0 Å². The first-order chi connectivity index (χ1) is 6.47. The number of aliphatic hydroxyl groups is 1. The molecule has 0 aromatic heterocycles. The Labute approximate surface area is 85.6 Å². The maximum absolute atomic E-state index is 9.56. The Morgan fingerprint density at radius 1 is 1.29 bits per heavy atom. The van der Waals surface area contributed by atoms with Crippen LogP contribution >= 0.6 is 0 Å². The average molecular weight is 196 g/mol. The van der Waals surface area contributed by atoms with Crippen molar-refractivity contribution in [3.63, 3.8) is 0 Å². The second-order valence-corrected chi connectivity index (χ2v) is 6.20. The largest absolute Gasteiger partial charge is 0.368 e. The van der Waals surface area contributed by atoms with Crippen LogP contribution in [0.25, 0.3) is 0 Å². The number of aliphatic hydroxyl groups excluding tert-OH is 1. The van der Waals surface area contributed by atoms with Gasteiger partial charge in [0.15, 0.2) is 6.29 Å². The maximum atomic E-state index is 9.56. The molecule has 0 radical (unpaired) electrons. The molecule has 1 N–H and O–H groups in total. The van der Waals surface area contributed by atoms with Gasteiger partial charge in [-0.2, -0.15) is 0 Å². The van der Waals surface area contributed by atoms with Gasteiger partial charge >= 0.3 is 0 Å². The summed E-state index contributed by atoms with van der Waals surface area (Å²) in [5.41, 5.74) is 0.711. The van der Waals surface area contributed by atoms with E-state index >= 15 is 0 Å². The second-order valence-electron chi connectivity index (χ2n) is 6.20. The SMILES string of the molecule is CC1(C)[C@@H]2CC[C@@]1(C)[C@@H]1O[C@@H](O)C[C@H]21. The fourth-order valence-corrected chi connectivity index (χ4v) is 4.50. The minimum absolute atomic E-state index is 0.305. The van der Waals surface area contributed by atoms with E-state index in [-0.39, 0.29) is 0 Å². The van der Waals surface area contributed by atoms with Crippen LogP contribution in [-0.4, -0.2) is 17.5 Å². The van der Waals surface area contributed by atoms with Gasteiger partial charge in [-0.1, -0.05) is 20.8 Å². The Morgan fingerprint density at radius 2 is 2.00 bits per heavy atom. The monoisotopic (exact) mass is 196 g/mol. The molecule has 1 aliphatic heterocycles. The molecule has 2 nitrogen and oxygen atoms in total. The van der Waals surface area contributed by atoms with Crippen molar-refractivity contribution in [3.05, 3.63) is 0 Å². The molecule has 2 aliphatic carbocycles. The number of hydrogen-bond donors (Lipinski definition) is 1. The second kappa shape index (κ2) is 2.35. The predicted molar refractivity (Wildman–Crippen MR) is 53.6 cm³/mol. The third-order valence-electron chi connectivity index (χ3n) is 5.68. The Bertz CT molecular complexity index is 273. The van der Waals surface area contributed by atoms with E-state index in [1.807, 2.05) is 0 Å². The van der Waals surface area contributed by atoms with Gasteiger partial charge in [-0.25, -0.2) is 0 Å². The standard InChI is InChI=1S/C12H20O2/c1-11(2)8-4-5-12(11,3)10-7(8)6-9(13)14-10/h7-10,13H,4-6H2,1-3H3/t7-,8-,9-,10-,12+/m1/s1. The molecule has 2 saturated carbocycles. The lowest BCUT2D eigenvalue weighted by molar-refractivity contribution is -0.134. The lowest BCUT2D eigenvalue weighted by Gasteiger charge is -2.38. The van der Waals surface area contributed by atoms with Gasteiger partial charge in [-0.3, -0.25) is 0 Å². The van der Waals surface area contributed by atoms with E-state index in [9.17, 15) is 5.11 Å². The molecule has 0 spiro atoms. The van der Waals surface area contributed by atoms with Crippen molar-refractivity contribution < 1.29 is 9.84 Å². The molecule has 0 amide bonds. The fourth-order valence-electron chi connectivity index (χ4n) is 4.50. The zero-order chi connectivity index (χ0) is 10.1. The van der Waals surface area contributed by atoms with Crippen molar-refractivity contribution in [2.45, 2.75) is 52.4 Å². The quantitative estimate of drug-likeness (QED) is 0.643. The molecule has 0 unspecified atom stereocenters. The van der Waals surface area contributed by atoms with Gasteiger partial charge in [0, 0.05) is 6.42 Å². The summed E-state index contributed by atoms with van der Waals surface area (Å²) >= 11 is 0. The van der Waals surface area contributed by atoms with E-state index < -0.39 is 6.29 Å². The van der Waals surface area contributed by atoms with E-state index in [0.29, 0.717) is 22.9 Å². The molecule has 1 saturated heterocycles. The summed E-state index contributed by atoms with van der Waals surface area (Å²) in [6.07, 6.45) is 3.32. The van der Waals surface area contributed by atoms with Gasteiger partial charge in [-0.15, -0.1) is 0 Å². The Kier molecular flexibility index (Phi) is 1.54. The first-order valence-electron chi connectivity index (χ1n) is 5.80. The van der Waals surface area contributed by atoms with Crippen LogP contribution in [0.2, 0.25) is 0 Å². The zero-order valence-corrected chi connectivity index (χ0v) is 9.29. The molecule has 3 fully saturated rings. The Balaban J connectivity index is 2.02. The van der Waals surface area contributed by atoms with Crippen LogP contribution in [0.1, 0.15) is 40.0 Å². The highest BCUT2D eigenvalue weighted by molar-refractivity contribution is 5.16. The van der Waals surface area contributed by atoms with E-state index in [2.05, 4.69) is 20.8 Å². The summed E-state index contributed by atoms with van der Waals surface area (Å²) < 4.78 is 5.71. The van der Waals surface area contributed by atoms with E-state index in [0.717, 1.165) is 12.3 Å². The lowest BCUT2D eigenvalue weighted by atomic mass is 9.70. The molecule has 0 aromatic carbocycles.